The summed E-state index contributed by atoms with van der Waals surface area (Å²) in [5, 5.41) is 6.07. The second kappa shape index (κ2) is 10.8. The van der Waals surface area contributed by atoms with E-state index in [0.717, 1.165) is 60.0 Å². The Kier molecular flexibility index (Phi) is 7.83. The Balaban J connectivity index is 0.000000868. The molecule has 10 heteroatoms. The molecule has 0 N–H and O–H groups in total. The number of aromatic nitrogens is 3. The molecule has 7 nitrogen and oxygen atoms in total. The molecule has 1 aromatic carbocycles. The van der Waals surface area contributed by atoms with Crippen LogP contribution in [0, 0.1) is 12.7 Å². The molecule has 1 aliphatic heterocycles. The topological polar surface area (TPSA) is 71.3 Å². The van der Waals surface area contributed by atoms with Gasteiger partial charge in [0.25, 0.3) is 0 Å². The van der Waals surface area contributed by atoms with Crippen LogP contribution in [0.15, 0.2) is 34.7 Å². The van der Waals surface area contributed by atoms with Crippen molar-refractivity contribution in [2.75, 3.05) is 31.1 Å². The molecule has 2 fully saturated rings. The van der Waals surface area contributed by atoms with Gasteiger partial charge in [-0.15, -0.1) is 11.8 Å². The van der Waals surface area contributed by atoms with E-state index in [4.69, 9.17) is 19.7 Å². The number of benzene rings is 1. The molecule has 3 heterocycles. The van der Waals surface area contributed by atoms with E-state index in [1.54, 1.807) is 23.5 Å². The lowest BCUT2D eigenvalue weighted by molar-refractivity contribution is -0.191. The van der Waals surface area contributed by atoms with Crippen LogP contribution in [-0.4, -0.2) is 63.3 Å². The summed E-state index contributed by atoms with van der Waals surface area (Å²) >= 11 is 3.57. The van der Waals surface area contributed by atoms with Gasteiger partial charge in [-0.05, 0) is 37.5 Å². The molecule has 0 bridgehead atoms. The number of carbonyl (C=O) groups excluding carboxylic acids is 2. The number of nitrogens with zero attached hydrogens (tertiary/aromatic N) is 5. The maximum Gasteiger partial charge on any atom is 0.373 e. The highest BCUT2D eigenvalue weighted by Crippen LogP contribution is 2.40. The van der Waals surface area contributed by atoms with E-state index in [-0.39, 0.29) is 12.0 Å². The Morgan fingerprint density at radius 3 is 2.50 bits per heavy atom. The second-order valence-electron chi connectivity index (χ2n) is 8.69. The molecule has 1 saturated heterocycles. The molecule has 1 saturated carbocycles. The molecule has 2 aromatic heterocycles. The Bertz CT molecular complexity index is 1160. The van der Waals surface area contributed by atoms with Crippen LogP contribution >= 0.6 is 23.1 Å². The monoisotopic (exact) mass is 501 g/mol. The predicted molar refractivity (Wildman–Crippen MR) is 132 cm³/mol. The number of hydrogen-bond donors (Lipinski definition) is 0. The van der Waals surface area contributed by atoms with Gasteiger partial charge in [0.2, 0.25) is 5.13 Å². The van der Waals surface area contributed by atoms with Crippen molar-refractivity contribution in [1.29, 1.82) is 0 Å². The summed E-state index contributed by atoms with van der Waals surface area (Å²) in [7, 11) is 0. The number of halogens is 1. The molecule has 3 aromatic rings. The largest absolute Gasteiger partial charge is 0.373 e. The number of anilines is 1. The van der Waals surface area contributed by atoms with Crippen LogP contribution in [-0.2, 0) is 9.59 Å². The first kappa shape index (κ1) is 24.6. The fourth-order valence-corrected chi connectivity index (χ4v) is 6.57. The Morgan fingerprint density at radius 1 is 1.18 bits per heavy atom. The number of aryl methyl sites for hydroxylation is 1. The SMILES string of the molecule is Cc1nn(-c2nc(N3CCN(C4CC4)CC3)c(SC(C)C)s2)cc1-c1cccc(F)c1.O=C=O. The van der Waals surface area contributed by atoms with Crippen molar-refractivity contribution in [2.45, 2.75) is 49.1 Å². The molecular formula is C24H28FN5O2S2. The van der Waals surface area contributed by atoms with Crippen LogP contribution in [0.5, 0.6) is 0 Å². The summed E-state index contributed by atoms with van der Waals surface area (Å²) in [4.78, 5) is 26.4. The van der Waals surface area contributed by atoms with Gasteiger partial charge in [0.1, 0.15) is 10.0 Å². The first-order valence-corrected chi connectivity index (χ1v) is 13.1. The Hall–Kier alpha value is -2.52. The number of thioether (sulfide) groups is 1. The van der Waals surface area contributed by atoms with Crippen LogP contribution in [0.1, 0.15) is 32.4 Å². The summed E-state index contributed by atoms with van der Waals surface area (Å²) in [5.41, 5.74) is 2.65. The summed E-state index contributed by atoms with van der Waals surface area (Å²) in [5.74, 6) is 0.858. The summed E-state index contributed by atoms with van der Waals surface area (Å²) in [6.07, 6.45) is 4.95. The van der Waals surface area contributed by atoms with Gasteiger partial charge in [0.05, 0.1) is 5.69 Å². The van der Waals surface area contributed by atoms with Crippen LogP contribution in [0.4, 0.5) is 10.2 Å². The van der Waals surface area contributed by atoms with Crippen molar-refractivity contribution >= 4 is 35.1 Å². The van der Waals surface area contributed by atoms with Crippen molar-refractivity contribution < 1.29 is 14.0 Å². The van der Waals surface area contributed by atoms with E-state index in [0.29, 0.717) is 5.25 Å². The number of piperazine rings is 1. The third kappa shape index (κ3) is 5.75. The highest BCUT2D eigenvalue weighted by molar-refractivity contribution is 8.01. The first-order valence-electron chi connectivity index (χ1n) is 11.4. The zero-order valence-electron chi connectivity index (χ0n) is 19.5. The van der Waals surface area contributed by atoms with Gasteiger partial charge < -0.3 is 4.90 Å². The van der Waals surface area contributed by atoms with Crippen LogP contribution in [0.3, 0.4) is 0 Å². The van der Waals surface area contributed by atoms with Crippen LogP contribution in [0.2, 0.25) is 0 Å². The smallest absolute Gasteiger partial charge is 0.352 e. The normalized spacial score (nSPS) is 16.3. The molecule has 0 spiro atoms. The van der Waals surface area contributed by atoms with E-state index in [9.17, 15) is 4.39 Å². The highest BCUT2D eigenvalue weighted by atomic mass is 32.2. The third-order valence-electron chi connectivity index (χ3n) is 5.82. The highest BCUT2D eigenvalue weighted by Gasteiger charge is 2.32. The molecule has 2 aliphatic rings. The van der Waals surface area contributed by atoms with E-state index in [1.807, 2.05) is 35.6 Å². The summed E-state index contributed by atoms with van der Waals surface area (Å²) in [6, 6.07) is 7.51. The minimum absolute atomic E-state index is 0.234. The maximum absolute atomic E-state index is 13.7. The molecule has 34 heavy (non-hydrogen) atoms. The average Bonchev–Trinajstić information content (AvgIpc) is 3.46. The van der Waals surface area contributed by atoms with Crippen molar-refractivity contribution in [3.63, 3.8) is 0 Å². The van der Waals surface area contributed by atoms with Gasteiger partial charge in [-0.1, -0.05) is 37.3 Å². The zero-order chi connectivity index (χ0) is 24.2. The van der Waals surface area contributed by atoms with E-state index in [1.165, 1.54) is 23.1 Å². The third-order valence-corrected chi connectivity index (χ3v) is 8.05. The minimum Gasteiger partial charge on any atom is -0.352 e. The Morgan fingerprint density at radius 2 is 1.88 bits per heavy atom. The molecule has 0 radical (unpaired) electrons. The van der Waals surface area contributed by atoms with Crippen molar-refractivity contribution in [3.8, 4) is 16.3 Å². The average molecular weight is 502 g/mol. The lowest BCUT2D eigenvalue weighted by Gasteiger charge is -2.35. The van der Waals surface area contributed by atoms with Crippen LogP contribution in [0.25, 0.3) is 16.3 Å². The van der Waals surface area contributed by atoms with Crippen LogP contribution < -0.4 is 4.90 Å². The maximum atomic E-state index is 13.7. The first-order chi connectivity index (χ1) is 16.4. The molecule has 5 rings (SSSR count). The molecular weight excluding hydrogens is 473 g/mol. The Labute approximate surface area is 207 Å². The van der Waals surface area contributed by atoms with Crippen molar-refractivity contribution in [1.82, 2.24) is 19.7 Å². The molecule has 1 aliphatic carbocycles. The van der Waals surface area contributed by atoms with Gasteiger partial charge in [0.15, 0.2) is 5.82 Å². The second-order valence-corrected chi connectivity index (χ2v) is 11.5. The van der Waals surface area contributed by atoms with Gasteiger partial charge >= 0.3 is 6.15 Å². The number of thiazole rings is 1. The fraction of sp³-hybridized carbons (Fsp3) is 0.458. The predicted octanol–water partition coefficient (Wildman–Crippen LogP) is 4.64. The molecule has 0 unspecified atom stereocenters. The van der Waals surface area contributed by atoms with Crippen molar-refractivity contribution in [2.24, 2.45) is 0 Å². The lowest BCUT2D eigenvalue weighted by Crippen LogP contribution is -2.47. The van der Waals surface area contributed by atoms with Gasteiger partial charge in [-0.3, -0.25) is 4.90 Å². The molecule has 0 amide bonds. The fourth-order valence-electron chi connectivity index (χ4n) is 4.11. The van der Waals surface area contributed by atoms with Gasteiger partial charge in [0, 0.05) is 49.2 Å². The van der Waals surface area contributed by atoms with Gasteiger partial charge in [-0.25, -0.2) is 9.07 Å². The quantitative estimate of drug-likeness (QED) is 0.456. The number of hydrogen-bond acceptors (Lipinski definition) is 8. The van der Waals surface area contributed by atoms with E-state index < -0.39 is 0 Å². The minimum atomic E-state index is -0.234. The van der Waals surface area contributed by atoms with Gasteiger partial charge in [-0.2, -0.15) is 19.7 Å². The summed E-state index contributed by atoms with van der Waals surface area (Å²) in [6.45, 7) is 10.7. The summed E-state index contributed by atoms with van der Waals surface area (Å²) < 4.78 is 16.8. The van der Waals surface area contributed by atoms with Crippen molar-refractivity contribution in [3.05, 3.63) is 42.0 Å². The van der Waals surface area contributed by atoms with E-state index in [2.05, 4.69) is 23.6 Å². The van der Waals surface area contributed by atoms with E-state index >= 15 is 0 Å². The standard InChI is InChI=1S/C23H28FN5S2.CO2/c1-15(2)30-22-21(28-11-9-27(10-12-28)19-7-8-19)25-23(31-22)29-14-20(16(3)26-29)17-5-4-6-18(24)13-17;2-1-3/h4-6,13-15,19H,7-12H2,1-3H3;. The molecule has 180 valence electrons. The molecule has 0 atom stereocenters. The lowest BCUT2D eigenvalue weighted by atomic mass is 10.1. The number of rotatable bonds is 6. The zero-order valence-corrected chi connectivity index (χ0v) is 21.2.